The fourth-order valence-corrected chi connectivity index (χ4v) is 7.29. The molecule has 3 aromatic carbocycles. The molecule has 9 nitrogen and oxygen atoms in total. The maximum absolute atomic E-state index is 13.9. The van der Waals surface area contributed by atoms with Gasteiger partial charge in [0.15, 0.2) is 6.10 Å². The minimum Gasteiger partial charge on any atom is -0.495 e. The van der Waals surface area contributed by atoms with Gasteiger partial charge in [-0.25, -0.2) is 8.42 Å². The molecule has 0 saturated carbocycles. The molecule has 0 bridgehead atoms. The summed E-state index contributed by atoms with van der Waals surface area (Å²) in [6, 6.07) is 22.4. The van der Waals surface area contributed by atoms with Gasteiger partial charge < -0.3 is 19.7 Å². The zero-order chi connectivity index (χ0) is 30.6. The molecule has 0 unspecified atom stereocenters. The van der Waals surface area contributed by atoms with Crippen molar-refractivity contribution in [3.05, 3.63) is 83.9 Å². The van der Waals surface area contributed by atoms with Crippen LogP contribution in [0.15, 0.2) is 77.7 Å². The topological polar surface area (TPSA) is 105 Å². The Balaban J connectivity index is 1.26. The highest BCUT2D eigenvalue weighted by atomic mass is 32.2. The van der Waals surface area contributed by atoms with Crippen LogP contribution in [0.1, 0.15) is 43.7 Å². The number of benzene rings is 3. The van der Waals surface area contributed by atoms with E-state index in [9.17, 15) is 18.0 Å². The zero-order valence-corrected chi connectivity index (χ0v) is 25.7. The van der Waals surface area contributed by atoms with Crippen molar-refractivity contribution in [2.75, 3.05) is 38.2 Å². The van der Waals surface area contributed by atoms with Gasteiger partial charge in [0.25, 0.3) is 5.91 Å². The lowest BCUT2D eigenvalue weighted by Crippen LogP contribution is -2.53. The second kappa shape index (κ2) is 13.2. The highest BCUT2D eigenvalue weighted by Crippen LogP contribution is 2.37. The number of rotatable bonds is 9. The van der Waals surface area contributed by atoms with Crippen LogP contribution in [-0.2, 0) is 26.0 Å². The monoisotopic (exact) mass is 605 g/mol. The van der Waals surface area contributed by atoms with Crippen LogP contribution in [0.25, 0.3) is 0 Å². The number of anilines is 1. The molecule has 2 amide bonds. The van der Waals surface area contributed by atoms with Gasteiger partial charge in [0.1, 0.15) is 16.4 Å². The largest absolute Gasteiger partial charge is 0.495 e. The van der Waals surface area contributed by atoms with E-state index in [0.29, 0.717) is 43.0 Å². The number of piperidine rings is 1. The Morgan fingerprint density at radius 1 is 1.00 bits per heavy atom. The number of hydrogen-bond donors (Lipinski definition) is 1. The first-order valence-corrected chi connectivity index (χ1v) is 16.2. The number of ether oxygens (including phenoxy) is 2. The summed E-state index contributed by atoms with van der Waals surface area (Å²) in [7, 11) is -2.36. The van der Waals surface area contributed by atoms with Crippen molar-refractivity contribution in [3.63, 3.8) is 0 Å². The van der Waals surface area contributed by atoms with E-state index >= 15 is 0 Å². The van der Waals surface area contributed by atoms with Crippen molar-refractivity contribution in [2.24, 2.45) is 5.92 Å². The summed E-state index contributed by atoms with van der Waals surface area (Å²) < 4.78 is 40.2. The van der Waals surface area contributed by atoms with Crippen LogP contribution in [-0.4, -0.2) is 63.9 Å². The van der Waals surface area contributed by atoms with E-state index in [0.717, 1.165) is 11.1 Å². The number of sulfonamides is 1. The molecule has 1 fully saturated rings. The summed E-state index contributed by atoms with van der Waals surface area (Å²) in [6.07, 6.45) is 0.582. The molecule has 2 aliphatic rings. The lowest BCUT2D eigenvalue weighted by molar-refractivity contribution is -0.129. The van der Waals surface area contributed by atoms with E-state index in [4.69, 9.17) is 9.47 Å². The third-order valence-electron chi connectivity index (χ3n) is 8.16. The van der Waals surface area contributed by atoms with Crippen LogP contribution < -0.4 is 19.7 Å². The molecule has 1 N–H and O–H groups in total. The highest BCUT2D eigenvalue weighted by Gasteiger charge is 2.39. The van der Waals surface area contributed by atoms with Crippen molar-refractivity contribution < 1.29 is 27.5 Å². The molecule has 43 heavy (non-hydrogen) atoms. The average molecular weight is 606 g/mol. The van der Waals surface area contributed by atoms with Crippen molar-refractivity contribution >= 4 is 27.5 Å². The van der Waals surface area contributed by atoms with Gasteiger partial charge in [-0.2, -0.15) is 4.31 Å². The van der Waals surface area contributed by atoms with Crippen LogP contribution in [0.2, 0.25) is 0 Å². The third-order valence-corrected chi connectivity index (χ3v) is 10.1. The average Bonchev–Trinajstić information content (AvgIpc) is 3.04. The molecule has 1 saturated heterocycles. The summed E-state index contributed by atoms with van der Waals surface area (Å²) >= 11 is 0. The molecule has 1 atom stereocenters. The van der Waals surface area contributed by atoms with Crippen LogP contribution in [0.3, 0.4) is 0 Å². The van der Waals surface area contributed by atoms with Gasteiger partial charge in [0.2, 0.25) is 15.9 Å². The lowest BCUT2D eigenvalue weighted by Gasteiger charge is -2.38. The van der Waals surface area contributed by atoms with E-state index in [1.54, 1.807) is 23.1 Å². The van der Waals surface area contributed by atoms with Gasteiger partial charge >= 0.3 is 0 Å². The summed E-state index contributed by atoms with van der Waals surface area (Å²) in [4.78, 5) is 28.7. The molecule has 10 heteroatoms. The van der Waals surface area contributed by atoms with Crippen molar-refractivity contribution in [3.8, 4) is 11.5 Å². The Labute approximate surface area is 253 Å². The number of amides is 2. The predicted molar refractivity (Wildman–Crippen MR) is 165 cm³/mol. The van der Waals surface area contributed by atoms with E-state index in [1.807, 2.05) is 68.4 Å². The van der Waals surface area contributed by atoms with Crippen molar-refractivity contribution in [1.82, 2.24) is 9.62 Å². The predicted octanol–water partition coefficient (Wildman–Crippen LogP) is 4.37. The molecular formula is C33H39N3O6S. The highest BCUT2D eigenvalue weighted by molar-refractivity contribution is 7.89. The quantitative estimate of drug-likeness (QED) is 0.389. The number of carbonyl (C=O) groups is 2. The summed E-state index contributed by atoms with van der Waals surface area (Å²) in [5.74, 6) is 0.150. The fraction of sp³-hybridized carbons (Fsp3) is 0.394. The number of hydrogen-bond acceptors (Lipinski definition) is 6. The number of nitrogens with one attached hydrogen (secondary N) is 1. The Morgan fingerprint density at radius 2 is 1.70 bits per heavy atom. The molecule has 5 rings (SSSR count). The third kappa shape index (κ3) is 6.70. The van der Waals surface area contributed by atoms with Crippen molar-refractivity contribution in [1.29, 1.82) is 0 Å². The maximum atomic E-state index is 13.9. The maximum Gasteiger partial charge on any atom is 0.262 e. The second-order valence-corrected chi connectivity index (χ2v) is 13.2. The molecule has 0 radical (unpaired) electrons. The van der Waals surface area contributed by atoms with Gasteiger partial charge in [0.05, 0.1) is 19.3 Å². The molecule has 2 aliphatic heterocycles. The minimum absolute atomic E-state index is 0.0880. The molecular weight excluding hydrogens is 566 g/mol. The van der Waals surface area contributed by atoms with Crippen LogP contribution in [0.4, 0.5) is 5.69 Å². The van der Waals surface area contributed by atoms with E-state index in [-0.39, 0.29) is 48.2 Å². The smallest absolute Gasteiger partial charge is 0.262 e. The normalized spacial score (nSPS) is 17.7. The molecule has 0 spiro atoms. The summed E-state index contributed by atoms with van der Waals surface area (Å²) in [6.45, 7) is 4.99. The minimum atomic E-state index is -3.82. The lowest BCUT2D eigenvalue weighted by atomic mass is 9.95. The summed E-state index contributed by atoms with van der Waals surface area (Å²) in [5, 5.41) is 2.94. The van der Waals surface area contributed by atoms with E-state index in [2.05, 4.69) is 5.32 Å². The van der Waals surface area contributed by atoms with Gasteiger partial charge in [-0.15, -0.1) is 0 Å². The first-order valence-electron chi connectivity index (χ1n) is 14.8. The van der Waals surface area contributed by atoms with E-state index in [1.165, 1.54) is 11.4 Å². The zero-order valence-electron chi connectivity index (χ0n) is 24.9. The van der Waals surface area contributed by atoms with Gasteiger partial charge in [-0.1, -0.05) is 62.4 Å². The van der Waals surface area contributed by atoms with Crippen LogP contribution in [0, 0.1) is 5.92 Å². The van der Waals surface area contributed by atoms with Crippen LogP contribution >= 0.6 is 0 Å². The molecule has 0 aliphatic carbocycles. The summed E-state index contributed by atoms with van der Waals surface area (Å²) in [5.41, 5.74) is 2.65. The van der Waals surface area contributed by atoms with Crippen LogP contribution in [0.5, 0.6) is 11.5 Å². The Kier molecular flexibility index (Phi) is 9.37. The number of carbonyl (C=O) groups excluding carboxylic acids is 2. The first-order chi connectivity index (χ1) is 20.7. The van der Waals surface area contributed by atoms with Gasteiger partial charge in [-0.05, 0) is 60.6 Å². The van der Waals surface area contributed by atoms with E-state index < -0.39 is 16.1 Å². The number of para-hydroxylation sites is 2. The fourth-order valence-electron chi connectivity index (χ4n) is 5.62. The molecule has 2 heterocycles. The Hall–Kier alpha value is -3.89. The van der Waals surface area contributed by atoms with Gasteiger partial charge in [-0.3, -0.25) is 9.59 Å². The first kappa shape index (κ1) is 30.6. The molecule has 228 valence electrons. The van der Waals surface area contributed by atoms with Gasteiger partial charge in [0, 0.05) is 25.6 Å². The van der Waals surface area contributed by atoms with Crippen molar-refractivity contribution in [2.45, 2.75) is 50.0 Å². The Bertz CT molecular complexity index is 1550. The SMILES string of the molecule is COc1ccc(C(C)C)cc1S(=O)(=O)N1CCC(C(=O)N2C[C@@H](C(=O)NCCc3ccccc3)Oc3ccccc32)CC1. The standard InChI is InChI=1S/C33H39N3O6S/c1-23(2)26-13-14-29(41-3)31(21-26)43(39,40)35-19-16-25(17-20-35)33(38)36-22-30(42-28-12-8-7-11-27(28)36)32(37)34-18-15-24-9-5-4-6-10-24/h4-14,21,23,25,30H,15-20,22H2,1-3H3,(H,34,37)/t30-/m0/s1. The number of methoxy groups -OCH3 is 1. The Morgan fingerprint density at radius 3 is 2.40 bits per heavy atom. The molecule has 0 aromatic heterocycles. The number of fused-ring (bicyclic) bond motifs is 1. The number of nitrogens with zero attached hydrogens (tertiary/aromatic N) is 2. The molecule has 3 aromatic rings. The second-order valence-electron chi connectivity index (χ2n) is 11.3.